The summed E-state index contributed by atoms with van der Waals surface area (Å²) in [5.74, 6) is -1.72. The Kier molecular flexibility index (Phi) is 4.13. The van der Waals surface area contributed by atoms with Crippen LogP contribution in [0, 0.1) is 29.1 Å². The molecule has 1 aliphatic carbocycles. The van der Waals surface area contributed by atoms with E-state index in [4.69, 9.17) is 9.47 Å². The molecule has 0 radical (unpaired) electrons. The molecule has 0 aromatic rings. The quantitative estimate of drug-likeness (QED) is 0.703. The predicted molar refractivity (Wildman–Crippen MR) is 101 cm³/mol. The van der Waals surface area contributed by atoms with E-state index in [0.29, 0.717) is 32.2 Å². The molecule has 1 amide bonds. The topological polar surface area (TPSA) is 93.1 Å². The number of carbonyl (C=O) groups excluding carboxylic acids is 3. The largest absolute Gasteiger partial charge is 0.461 e. The van der Waals surface area contributed by atoms with Crippen molar-refractivity contribution in [2.24, 2.45) is 29.1 Å². The van der Waals surface area contributed by atoms with E-state index in [2.05, 4.69) is 0 Å². The summed E-state index contributed by atoms with van der Waals surface area (Å²) in [4.78, 5) is 40.4. The van der Waals surface area contributed by atoms with Crippen molar-refractivity contribution >= 4 is 17.8 Å². The highest BCUT2D eigenvalue weighted by Crippen LogP contribution is 2.67. The molecular weight excluding hydrogens is 374 g/mol. The summed E-state index contributed by atoms with van der Waals surface area (Å²) in [5, 5.41) is 12.3. The third kappa shape index (κ3) is 2.20. The van der Waals surface area contributed by atoms with Crippen molar-refractivity contribution in [3.63, 3.8) is 0 Å². The smallest absolute Gasteiger partial charge is 0.309 e. The van der Waals surface area contributed by atoms with Gasteiger partial charge in [-0.3, -0.25) is 14.4 Å². The van der Waals surface area contributed by atoms with Crippen LogP contribution in [0.4, 0.5) is 0 Å². The Morgan fingerprint density at radius 2 is 1.90 bits per heavy atom. The summed E-state index contributed by atoms with van der Waals surface area (Å²) in [6, 6.07) is -0.341. The lowest BCUT2D eigenvalue weighted by Crippen LogP contribution is -2.69. The van der Waals surface area contributed by atoms with Gasteiger partial charge in [0.25, 0.3) is 0 Å². The number of piperidine rings is 1. The fraction of sp³-hybridized carbons (Fsp3) is 0.864. The second-order valence-corrected chi connectivity index (χ2v) is 9.97. The van der Waals surface area contributed by atoms with E-state index in [1.54, 1.807) is 0 Å². The molecule has 0 unspecified atom stereocenters. The molecule has 4 aliphatic heterocycles. The summed E-state index contributed by atoms with van der Waals surface area (Å²) >= 11 is 0. The minimum Gasteiger partial charge on any atom is -0.461 e. The van der Waals surface area contributed by atoms with Crippen LogP contribution in [0.1, 0.15) is 59.3 Å². The number of nitrogens with zero attached hydrogens (tertiary/aromatic N) is 1. The van der Waals surface area contributed by atoms with E-state index >= 15 is 0 Å². The number of hydrogen-bond acceptors (Lipinski definition) is 6. The average molecular weight is 405 g/mol. The summed E-state index contributed by atoms with van der Waals surface area (Å²) in [7, 11) is 0. The number of esters is 2. The van der Waals surface area contributed by atoms with E-state index < -0.39 is 29.1 Å². The molecule has 1 spiro atoms. The Balaban J connectivity index is 1.63. The molecule has 5 aliphatic rings. The highest BCUT2D eigenvalue weighted by atomic mass is 16.6. The van der Waals surface area contributed by atoms with Crippen LogP contribution in [-0.2, 0) is 23.9 Å². The zero-order chi connectivity index (χ0) is 20.7. The van der Waals surface area contributed by atoms with Crippen LogP contribution >= 0.6 is 0 Å². The lowest BCUT2D eigenvalue weighted by molar-refractivity contribution is -0.200. The van der Waals surface area contributed by atoms with Gasteiger partial charge in [-0.25, -0.2) is 0 Å². The number of cyclic esters (lactones) is 1. The Labute approximate surface area is 171 Å². The summed E-state index contributed by atoms with van der Waals surface area (Å²) in [6.07, 6.45) is 3.14. The van der Waals surface area contributed by atoms with Crippen LogP contribution in [0.3, 0.4) is 0 Å². The molecule has 1 N–H and O–H groups in total. The second-order valence-electron chi connectivity index (χ2n) is 9.97. The number of ether oxygens (including phenoxy) is 2. The normalized spacial score (nSPS) is 51.4. The molecule has 9 atom stereocenters. The maximum Gasteiger partial charge on any atom is 0.309 e. The number of fused-ring (bicyclic) bond motifs is 3. The molecular formula is C22H31NO6. The van der Waals surface area contributed by atoms with Crippen LogP contribution in [0.25, 0.3) is 0 Å². The van der Waals surface area contributed by atoms with Gasteiger partial charge >= 0.3 is 11.9 Å². The van der Waals surface area contributed by atoms with Crippen molar-refractivity contribution in [2.45, 2.75) is 83.1 Å². The van der Waals surface area contributed by atoms with Gasteiger partial charge in [-0.1, -0.05) is 27.2 Å². The molecule has 4 heterocycles. The van der Waals surface area contributed by atoms with Gasteiger partial charge in [0.2, 0.25) is 5.91 Å². The summed E-state index contributed by atoms with van der Waals surface area (Å²) in [6.45, 7) is 6.31. The van der Waals surface area contributed by atoms with Crippen molar-refractivity contribution in [1.29, 1.82) is 0 Å². The van der Waals surface area contributed by atoms with Gasteiger partial charge in [0, 0.05) is 24.8 Å². The minimum absolute atomic E-state index is 0.0196. The summed E-state index contributed by atoms with van der Waals surface area (Å²) < 4.78 is 11.4. The standard InChI is InChI=1S/C22H31NO6/c1-4-13-17-16(12(3)19(25)29-17)22(27)10-14(15-9-11(2)18(24)28-15)23-8-6-5-7-21(13,22)20(23)26/h11-17,27H,4-10H2,1-3H3/t11-,12-,13-,14-,15-,16+,17+,21+,22-/m0/s1. The van der Waals surface area contributed by atoms with E-state index in [9.17, 15) is 19.5 Å². The number of hydrogen-bond donors (Lipinski definition) is 1. The molecule has 160 valence electrons. The molecule has 29 heavy (non-hydrogen) atoms. The zero-order valence-electron chi connectivity index (χ0n) is 17.4. The Morgan fingerprint density at radius 3 is 2.55 bits per heavy atom. The van der Waals surface area contributed by atoms with Gasteiger partial charge in [-0.15, -0.1) is 0 Å². The van der Waals surface area contributed by atoms with Crippen LogP contribution < -0.4 is 0 Å². The van der Waals surface area contributed by atoms with E-state index in [1.165, 1.54) is 0 Å². The highest BCUT2D eigenvalue weighted by Gasteiger charge is 2.78. The van der Waals surface area contributed by atoms with E-state index in [0.717, 1.165) is 12.8 Å². The SMILES string of the molecule is CC[C@H]1[C@H]2OC(=O)[C@@H](C)[C@H]2[C@@]2(O)C[C@@H]([C@@H]3C[C@H](C)C(=O)O3)N3CCCC[C@]12C3=O. The summed E-state index contributed by atoms with van der Waals surface area (Å²) in [5.41, 5.74) is -2.22. The molecule has 1 saturated carbocycles. The van der Waals surface area contributed by atoms with Crippen LogP contribution in [0.5, 0.6) is 0 Å². The van der Waals surface area contributed by atoms with Crippen LogP contribution in [0.2, 0.25) is 0 Å². The van der Waals surface area contributed by atoms with Gasteiger partial charge in [0.15, 0.2) is 0 Å². The number of aliphatic hydroxyl groups is 1. The average Bonchev–Trinajstić information content (AvgIpc) is 3.19. The first-order valence-electron chi connectivity index (χ1n) is 11.2. The van der Waals surface area contributed by atoms with Gasteiger partial charge in [0.1, 0.15) is 12.2 Å². The predicted octanol–water partition coefficient (Wildman–Crippen LogP) is 1.66. The van der Waals surface area contributed by atoms with Crippen molar-refractivity contribution < 1.29 is 29.0 Å². The first-order valence-corrected chi connectivity index (χ1v) is 11.2. The first kappa shape index (κ1) is 19.3. The zero-order valence-corrected chi connectivity index (χ0v) is 17.4. The number of amides is 1. The molecule has 5 rings (SSSR count). The van der Waals surface area contributed by atoms with Crippen molar-refractivity contribution in [2.75, 3.05) is 6.54 Å². The number of carbonyl (C=O) groups is 3. The monoisotopic (exact) mass is 405 g/mol. The lowest BCUT2D eigenvalue weighted by atomic mass is 9.58. The maximum atomic E-state index is 14.0. The third-order valence-electron chi connectivity index (χ3n) is 8.78. The lowest BCUT2D eigenvalue weighted by Gasteiger charge is -2.55. The third-order valence-corrected chi connectivity index (χ3v) is 8.78. The fourth-order valence-electron chi connectivity index (χ4n) is 7.53. The number of rotatable bonds is 2. The molecule has 0 aromatic carbocycles. The first-order chi connectivity index (χ1) is 13.8. The second kappa shape index (κ2) is 6.19. The van der Waals surface area contributed by atoms with Crippen LogP contribution in [0.15, 0.2) is 0 Å². The molecule has 5 fully saturated rings. The van der Waals surface area contributed by atoms with E-state index in [1.807, 2.05) is 25.7 Å². The molecule has 4 saturated heterocycles. The van der Waals surface area contributed by atoms with Crippen molar-refractivity contribution in [3.8, 4) is 0 Å². The van der Waals surface area contributed by atoms with Crippen molar-refractivity contribution in [3.05, 3.63) is 0 Å². The van der Waals surface area contributed by atoms with Gasteiger partial charge in [0.05, 0.1) is 28.9 Å². The molecule has 7 nitrogen and oxygen atoms in total. The molecule has 7 heteroatoms. The minimum atomic E-state index is -1.31. The van der Waals surface area contributed by atoms with Gasteiger partial charge in [-0.05, 0) is 25.7 Å². The highest BCUT2D eigenvalue weighted by molar-refractivity contribution is 5.89. The Hall–Kier alpha value is -1.63. The van der Waals surface area contributed by atoms with Gasteiger partial charge < -0.3 is 19.5 Å². The molecule has 2 bridgehead atoms. The molecule has 0 aromatic heterocycles. The maximum absolute atomic E-state index is 14.0. The Morgan fingerprint density at radius 1 is 1.14 bits per heavy atom. The van der Waals surface area contributed by atoms with Crippen LogP contribution in [-0.4, -0.2) is 58.2 Å². The Bertz CT molecular complexity index is 768. The van der Waals surface area contributed by atoms with Gasteiger partial charge in [-0.2, -0.15) is 0 Å². The van der Waals surface area contributed by atoms with E-state index in [-0.39, 0.29) is 41.6 Å². The van der Waals surface area contributed by atoms with Crippen molar-refractivity contribution in [1.82, 2.24) is 4.90 Å². The fourth-order valence-corrected chi connectivity index (χ4v) is 7.53.